The molecule has 0 aliphatic rings. The molecule has 0 aliphatic carbocycles. The van der Waals surface area contributed by atoms with Gasteiger partial charge in [0.25, 0.3) is 10.1 Å². The summed E-state index contributed by atoms with van der Waals surface area (Å²) in [6.45, 7) is 3.14. The molecule has 0 bridgehead atoms. The third-order valence-electron chi connectivity index (χ3n) is 4.00. The topological polar surface area (TPSA) is 108 Å². The maximum Gasteiger partial charge on any atom is 0.408 e. The smallest absolute Gasteiger partial charge is 0.408 e. The van der Waals surface area contributed by atoms with Gasteiger partial charge in [-0.15, -0.1) is 0 Å². The van der Waals surface area contributed by atoms with Crippen molar-refractivity contribution in [1.29, 1.82) is 0 Å². The molecule has 0 aliphatic heterocycles. The summed E-state index contributed by atoms with van der Waals surface area (Å²) in [5, 5.41) is 2.30. The second-order valence-corrected chi connectivity index (χ2v) is 7.85. The van der Waals surface area contributed by atoms with Crippen molar-refractivity contribution in [2.24, 2.45) is 0 Å². The van der Waals surface area contributed by atoms with E-state index in [1.54, 1.807) is 36.4 Å². The molecule has 29 heavy (non-hydrogen) atoms. The Kier molecular flexibility index (Phi) is 7.74. The number of carbonyl (C=O) groups excluding carboxylic acids is 2. The SMILES string of the molecule is COC(=O)[C@@H](NC(=O)OCc1ccccc1)[C@H](C)OS(=O)(=O)c1ccc(C)cc1. The average Bonchev–Trinajstić information content (AvgIpc) is 2.70. The molecule has 8 nitrogen and oxygen atoms in total. The largest absolute Gasteiger partial charge is 0.467 e. The lowest BCUT2D eigenvalue weighted by Gasteiger charge is -2.22. The summed E-state index contributed by atoms with van der Waals surface area (Å²) in [5.74, 6) is -0.867. The predicted molar refractivity (Wildman–Crippen MR) is 104 cm³/mol. The maximum absolute atomic E-state index is 12.4. The van der Waals surface area contributed by atoms with Crippen LogP contribution in [0.4, 0.5) is 4.79 Å². The summed E-state index contributed by atoms with van der Waals surface area (Å²) in [6, 6.07) is 13.6. The Labute approximate surface area is 169 Å². The maximum atomic E-state index is 12.4. The van der Waals surface area contributed by atoms with Crippen molar-refractivity contribution in [3.05, 3.63) is 65.7 Å². The van der Waals surface area contributed by atoms with Crippen molar-refractivity contribution in [1.82, 2.24) is 5.32 Å². The summed E-state index contributed by atoms with van der Waals surface area (Å²) in [5.41, 5.74) is 1.63. The van der Waals surface area contributed by atoms with Crippen molar-refractivity contribution in [3.8, 4) is 0 Å². The van der Waals surface area contributed by atoms with E-state index in [1.807, 2.05) is 13.0 Å². The van der Waals surface area contributed by atoms with Gasteiger partial charge in [-0.2, -0.15) is 8.42 Å². The molecule has 0 fully saturated rings. The number of aryl methyl sites for hydroxylation is 1. The number of hydrogen-bond acceptors (Lipinski definition) is 7. The number of nitrogens with one attached hydrogen (secondary N) is 1. The van der Waals surface area contributed by atoms with E-state index in [9.17, 15) is 18.0 Å². The summed E-state index contributed by atoms with van der Waals surface area (Å²) >= 11 is 0. The van der Waals surface area contributed by atoms with Crippen LogP contribution in [0, 0.1) is 6.92 Å². The van der Waals surface area contributed by atoms with Crippen LogP contribution in [0.2, 0.25) is 0 Å². The lowest BCUT2D eigenvalue weighted by Crippen LogP contribution is -2.49. The molecular formula is C20H23NO7S. The fourth-order valence-electron chi connectivity index (χ4n) is 2.40. The highest BCUT2D eigenvalue weighted by molar-refractivity contribution is 7.86. The van der Waals surface area contributed by atoms with Gasteiger partial charge in [-0.1, -0.05) is 48.0 Å². The minimum absolute atomic E-state index is 0.0164. The van der Waals surface area contributed by atoms with E-state index in [1.165, 1.54) is 19.1 Å². The Bertz CT molecular complexity index is 927. The minimum Gasteiger partial charge on any atom is -0.467 e. The van der Waals surface area contributed by atoms with E-state index < -0.39 is 34.3 Å². The third kappa shape index (κ3) is 6.58. The van der Waals surface area contributed by atoms with Crippen molar-refractivity contribution >= 4 is 22.2 Å². The van der Waals surface area contributed by atoms with E-state index in [-0.39, 0.29) is 11.5 Å². The lowest BCUT2D eigenvalue weighted by molar-refractivity contribution is -0.145. The van der Waals surface area contributed by atoms with Crippen LogP contribution in [-0.4, -0.2) is 39.7 Å². The zero-order valence-electron chi connectivity index (χ0n) is 16.3. The minimum atomic E-state index is -4.15. The third-order valence-corrected chi connectivity index (χ3v) is 5.41. The van der Waals surface area contributed by atoms with Gasteiger partial charge in [0.2, 0.25) is 0 Å². The fraction of sp³-hybridized carbons (Fsp3) is 0.300. The molecule has 1 N–H and O–H groups in total. The van der Waals surface area contributed by atoms with Gasteiger partial charge in [0.15, 0.2) is 6.04 Å². The monoisotopic (exact) mass is 421 g/mol. The van der Waals surface area contributed by atoms with E-state index in [2.05, 4.69) is 10.1 Å². The molecule has 0 unspecified atom stereocenters. The van der Waals surface area contributed by atoms with Gasteiger partial charge >= 0.3 is 12.1 Å². The van der Waals surface area contributed by atoms with Gasteiger partial charge < -0.3 is 14.8 Å². The molecule has 2 atom stereocenters. The summed E-state index contributed by atoms with van der Waals surface area (Å²) in [6.07, 6.45) is -2.15. The molecule has 2 rings (SSSR count). The second kappa shape index (κ2) is 10.0. The van der Waals surface area contributed by atoms with E-state index in [0.717, 1.165) is 18.2 Å². The van der Waals surface area contributed by atoms with Crippen LogP contribution in [-0.2, 0) is 35.2 Å². The highest BCUT2D eigenvalue weighted by Gasteiger charge is 2.33. The molecule has 0 saturated carbocycles. The first-order valence-corrected chi connectivity index (χ1v) is 10.2. The van der Waals surface area contributed by atoms with E-state index in [0.29, 0.717) is 0 Å². The van der Waals surface area contributed by atoms with Crippen LogP contribution in [0.15, 0.2) is 59.5 Å². The molecule has 0 aromatic heterocycles. The number of carbonyl (C=O) groups is 2. The molecule has 1 amide bonds. The average molecular weight is 421 g/mol. The quantitative estimate of drug-likeness (QED) is 0.515. The molecule has 2 aromatic carbocycles. The van der Waals surface area contributed by atoms with Gasteiger partial charge in [0, 0.05) is 0 Å². The summed E-state index contributed by atoms with van der Waals surface area (Å²) < 4.78 is 39.7. The van der Waals surface area contributed by atoms with Crippen molar-refractivity contribution < 1.29 is 31.7 Å². The number of benzene rings is 2. The molecule has 0 heterocycles. The number of rotatable bonds is 8. The van der Waals surface area contributed by atoms with Crippen molar-refractivity contribution in [2.45, 2.75) is 37.5 Å². The second-order valence-electron chi connectivity index (χ2n) is 6.28. The Morgan fingerprint density at radius 2 is 1.66 bits per heavy atom. The van der Waals surface area contributed by atoms with Gasteiger partial charge in [-0.3, -0.25) is 4.18 Å². The van der Waals surface area contributed by atoms with Gasteiger partial charge in [0.1, 0.15) is 12.7 Å². The van der Waals surface area contributed by atoms with Crippen LogP contribution in [0.3, 0.4) is 0 Å². The van der Waals surface area contributed by atoms with Gasteiger partial charge in [-0.05, 0) is 31.5 Å². The number of esters is 1. The fourth-order valence-corrected chi connectivity index (χ4v) is 3.49. The summed E-state index contributed by atoms with van der Waals surface area (Å²) in [7, 11) is -3.04. The Balaban J connectivity index is 2.05. The van der Waals surface area contributed by atoms with Crippen molar-refractivity contribution in [3.63, 3.8) is 0 Å². The molecule has 2 aromatic rings. The molecule has 0 spiro atoms. The number of amides is 1. The van der Waals surface area contributed by atoms with E-state index in [4.69, 9.17) is 8.92 Å². The highest BCUT2D eigenvalue weighted by atomic mass is 32.2. The zero-order chi connectivity index (χ0) is 21.4. The van der Waals surface area contributed by atoms with Crippen LogP contribution in [0.1, 0.15) is 18.1 Å². The Hall–Kier alpha value is -2.91. The normalized spacial score (nSPS) is 13.2. The van der Waals surface area contributed by atoms with Crippen LogP contribution in [0.25, 0.3) is 0 Å². The van der Waals surface area contributed by atoms with E-state index >= 15 is 0 Å². The lowest BCUT2D eigenvalue weighted by atomic mass is 10.2. The zero-order valence-corrected chi connectivity index (χ0v) is 17.1. The first-order chi connectivity index (χ1) is 13.7. The van der Waals surface area contributed by atoms with Crippen LogP contribution in [0.5, 0.6) is 0 Å². The van der Waals surface area contributed by atoms with Crippen molar-refractivity contribution in [2.75, 3.05) is 7.11 Å². The standard InChI is InChI=1S/C20H23NO7S/c1-14-9-11-17(12-10-14)29(24,25)28-15(2)18(19(22)26-3)21-20(23)27-13-16-7-5-4-6-8-16/h4-12,15,18H,13H2,1-3H3,(H,21,23)/t15-,18-/m0/s1. The predicted octanol–water partition coefficient (Wildman–Crippen LogP) is 2.56. The van der Waals surface area contributed by atoms with Gasteiger partial charge in [0.05, 0.1) is 12.0 Å². The molecule has 0 saturated heterocycles. The van der Waals surface area contributed by atoms with Crippen LogP contribution < -0.4 is 5.32 Å². The Morgan fingerprint density at radius 1 is 1.03 bits per heavy atom. The first-order valence-electron chi connectivity index (χ1n) is 8.78. The number of hydrogen-bond donors (Lipinski definition) is 1. The molecule has 156 valence electrons. The summed E-state index contributed by atoms with van der Waals surface area (Å²) in [4.78, 5) is 24.1. The van der Waals surface area contributed by atoms with Gasteiger partial charge in [-0.25, -0.2) is 9.59 Å². The molecule has 0 radical (unpaired) electrons. The number of ether oxygens (including phenoxy) is 2. The number of alkyl carbamates (subject to hydrolysis) is 1. The van der Waals surface area contributed by atoms with Crippen LogP contribution >= 0.6 is 0 Å². The highest BCUT2D eigenvalue weighted by Crippen LogP contribution is 2.17. The molecular weight excluding hydrogens is 398 g/mol. The molecule has 9 heteroatoms. The Morgan fingerprint density at radius 3 is 2.24 bits per heavy atom. The number of methoxy groups -OCH3 is 1. The first kappa shape index (κ1) is 22.4.